The number of benzene rings is 1. The molecular formula is C18H29N3O2. The van der Waals surface area contributed by atoms with Crippen molar-refractivity contribution >= 4 is 5.96 Å². The van der Waals surface area contributed by atoms with Gasteiger partial charge in [0.1, 0.15) is 0 Å². The number of guanidine groups is 1. The molecule has 2 rings (SSSR count). The summed E-state index contributed by atoms with van der Waals surface area (Å²) in [5, 5.41) is 16.3. The summed E-state index contributed by atoms with van der Waals surface area (Å²) in [6, 6.07) is 8.23. The third kappa shape index (κ3) is 7.01. The van der Waals surface area contributed by atoms with E-state index in [4.69, 9.17) is 4.74 Å². The zero-order valence-corrected chi connectivity index (χ0v) is 14.2. The molecule has 5 heteroatoms. The molecule has 0 aromatic heterocycles. The Kier molecular flexibility index (Phi) is 7.36. The van der Waals surface area contributed by atoms with Crippen LogP contribution in [0.4, 0.5) is 0 Å². The van der Waals surface area contributed by atoms with Crippen LogP contribution in [0.3, 0.4) is 0 Å². The van der Waals surface area contributed by atoms with Crippen LogP contribution in [0.1, 0.15) is 30.9 Å². The van der Waals surface area contributed by atoms with Crippen LogP contribution in [0.2, 0.25) is 0 Å². The molecule has 1 unspecified atom stereocenters. The largest absolute Gasteiger partial charge is 0.389 e. The second-order valence-electron chi connectivity index (χ2n) is 6.14. The van der Waals surface area contributed by atoms with Gasteiger partial charge in [-0.25, -0.2) is 4.99 Å². The van der Waals surface area contributed by atoms with E-state index in [2.05, 4.69) is 34.7 Å². The minimum atomic E-state index is -0.518. The third-order valence-electron chi connectivity index (χ3n) is 3.88. The summed E-state index contributed by atoms with van der Waals surface area (Å²) in [7, 11) is 0. The highest BCUT2D eigenvalue weighted by Gasteiger charge is 2.21. The first-order valence-corrected chi connectivity index (χ1v) is 8.51. The lowest BCUT2D eigenvalue weighted by molar-refractivity contribution is 0.0345. The molecule has 128 valence electrons. The first-order chi connectivity index (χ1) is 11.2. The number of aliphatic imine (C=N–C) groups is 1. The summed E-state index contributed by atoms with van der Waals surface area (Å²) < 4.78 is 5.51. The Labute approximate surface area is 139 Å². The Morgan fingerprint density at radius 3 is 2.83 bits per heavy atom. The number of nitrogens with one attached hydrogen (secondary N) is 2. The zero-order valence-electron chi connectivity index (χ0n) is 14.2. The van der Waals surface area contributed by atoms with Crippen LogP contribution in [0, 0.1) is 12.8 Å². The van der Waals surface area contributed by atoms with Gasteiger partial charge >= 0.3 is 0 Å². The molecule has 3 N–H and O–H groups in total. The number of rotatable bonds is 9. The van der Waals surface area contributed by atoms with Gasteiger partial charge in [0.25, 0.3) is 0 Å². The lowest BCUT2D eigenvalue weighted by Crippen LogP contribution is -2.42. The van der Waals surface area contributed by atoms with Crippen LogP contribution >= 0.6 is 0 Å². The van der Waals surface area contributed by atoms with E-state index in [1.807, 2.05) is 19.1 Å². The molecule has 1 atom stereocenters. The van der Waals surface area contributed by atoms with Crippen molar-refractivity contribution in [2.45, 2.75) is 39.3 Å². The highest BCUT2D eigenvalue weighted by Crippen LogP contribution is 2.28. The lowest BCUT2D eigenvalue weighted by Gasteiger charge is -2.15. The van der Waals surface area contributed by atoms with E-state index in [1.54, 1.807) is 0 Å². The molecule has 1 aliphatic carbocycles. The Hall–Kier alpha value is -1.59. The van der Waals surface area contributed by atoms with Gasteiger partial charge in [-0.05, 0) is 43.7 Å². The van der Waals surface area contributed by atoms with Gasteiger partial charge in [-0.2, -0.15) is 0 Å². The summed E-state index contributed by atoms with van der Waals surface area (Å²) in [5.74, 6) is 1.44. The molecule has 23 heavy (non-hydrogen) atoms. The number of nitrogens with zero attached hydrogens (tertiary/aromatic N) is 1. The molecule has 0 bridgehead atoms. The molecule has 1 saturated carbocycles. The minimum Gasteiger partial charge on any atom is -0.389 e. The smallest absolute Gasteiger partial charge is 0.191 e. The van der Waals surface area contributed by atoms with E-state index < -0.39 is 6.10 Å². The standard InChI is InChI=1S/C18H29N3O2/c1-3-19-18(20-10-16-7-5-4-6-14(16)2)21-11-17(22)13-23-12-15-8-9-15/h4-7,15,17,22H,3,8-13H2,1-2H3,(H2,19,20,21). The Bertz CT molecular complexity index is 501. The lowest BCUT2D eigenvalue weighted by atomic mass is 10.1. The summed E-state index contributed by atoms with van der Waals surface area (Å²) >= 11 is 0. The molecule has 0 spiro atoms. The number of aliphatic hydroxyl groups excluding tert-OH is 1. The van der Waals surface area contributed by atoms with Gasteiger partial charge in [-0.15, -0.1) is 0 Å². The maximum Gasteiger partial charge on any atom is 0.191 e. The Balaban J connectivity index is 1.75. The van der Waals surface area contributed by atoms with Crippen molar-refractivity contribution < 1.29 is 9.84 Å². The Morgan fingerprint density at radius 1 is 1.35 bits per heavy atom. The van der Waals surface area contributed by atoms with Crippen LogP contribution in [0.15, 0.2) is 29.3 Å². The minimum absolute atomic E-state index is 0.376. The topological polar surface area (TPSA) is 65.9 Å². The van der Waals surface area contributed by atoms with E-state index in [0.29, 0.717) is 19.7 Å². The van der Waals surface area contributed by atoms with Gasteiger partial charge < -0.3 is 20.5 Å². The average molecular weight is 319 g/mol. The number of hydrogen-bond donors (Lipinski definition) is 3. The molecule has 1 aromatic rings. The van der Waals surface area contributed by atoms with Gasteiger partial charge in [0.15, 0.2) is 5.96 Å². The van der Waals surface area contributed by atoms with E-state index >= 15 is 0 Å². The van der Waals surface area contributed by atoms with Crippen molar-refractivity contribution in [2.75, 3.05) is 26.3 Å². The highest BCUT2D eigenvalue weighted by molar-refractivity contribution is 5.79. The van der Waals surface area contributed by atoms with Crippen molar-refractivity contribution in [1.29, 1.82) is 0 Å². The number of ether oxygens (including phenoxy) is 1. The predicted molar refractivity (Wildman–Crippen MR) is 93.5 cm³/mol. The van der Waals surface area contributed by atoms with Crippen molar-refractivity contribution in [2.24, 2.45) is 10.9 Å². The monoisotopic (exact) mass is 319 g/mol. The van der Waals surface area contributed by atoms with Crippen LogP contribution in [0.5, 0.6) is 0 Å². The molecule has 1 fully saturated rings. The first kappa shape index (κ1) is 17.8. The van der Waals surface area contributed by atoms with Gasteiger partial charge in [0, 0.05) is 19.7 Å². The van der Waals surface area contributed by atoms with Crippen molar-refractivity contribution in [3.63, 3.8) is 0 Å². The second kappa shape index (κ2) is 9.53. The van der Waals surface area contributed by atoms with Gasteiger partial charge in [-0.3, -0.25) is 0 Å². The fourth-order valence-corrected chi connectivity index (χ4v) is 2.22. The maximum atomic E-state index is 9.96. The number of aryl methyl sites for hydroxylation is 1. The SMILES string of the molecule is CCNC(=NCc1ccccc1C)NCC(O)COCC1CC1. The molecule has 5 nitrogen and oxygen atoms in total. The van der Waals surface area contributed by atoms with Crippen molar-refractivity contribution in [1.82, 2.24) is 10.6 Å². The van der Waals surface area contributed by atoms with E-state index in [-0.39, 0.29) is 0 Å². The second-order valence-corrected chi connectivity index (χ2v) is 6.14. The summed E-state index contributed by atoms with van der Waals surface area (Å²) in [6.07, 6.45) is 2.02. The molecule has 0 saturated heterocycles. The maximum absolute atomic E-state index is 9.96. The molecular weight excluding hydrogens is 290 g/mol. The molecule has 0 amide bonds. The van der Waals surface area contributed by atoms with Crippen LogP contribution in [0.25, 0.3) is 0 Å². The first-order valence-electron chi connectivity index (χ1n) is 8.51. The average Bonchev–Trinajstić information content (AvgIpc) is 3.36. The highest BCUT2D eigenvalue weighted by atomic mass is 16.5. The summed E-state index contributed by atoms with van der Waals surface area (Å²) in [6.45, 7) is 7.11. The summed E-state index contributed by atoms with van der Waals surface area (Å²) in [5.41, 5.74) is 2.44. The Morgan fingerprint density at radius 2 is 2.13 bits per heavy atom. The zero-order chi connectivity index (χ0) is 16.5. The quantitative estimate of drug-likeness (QED) is 0.480. The number of hydrogen-bond acceptors (Lipinski definition) is 3. The van der Waals surface area contributed by atoms with Crippen LogP contribution in [-0.2, 0) is 11.3 Å². The van der Waals surface area contributed by atoms with Crippen molar-refractivity contribution in [3.8, 4) is 0 Å². The van der Waals surface area contributed by atoms with Gasteiger partial charge in [0.2, 0.25) is 0 Å². The van der Waals surface area contributed by atoms with Gasteiger partial charge in [0.05, 0.1) is 19.3 Å². The van der Waals surface area contributed by atoms with E-state index in [1.165, 1.54) is 24.0 Å². The third-order valence-corrected chi connectivity index (χ3v) is 3.88. The fraction of sp³-hybridized carbons (Fsp3) is 0.611. The summed E-state index contributed by atoms with van der Waals surface area (Å²) in [4.78, 5) is 4.58. The molecule has 1 aliphatic rings. The van der Waals surface area contributed by atoms with Crippen LogP contribution in [-0.4, -0.2) is 43.5 Å². The molecule has 0 radical (unpaired) electrons. The molecule has 0 aliphatic heterocycles. The normalized spacial score (nSPS) is 16.2. The molecule has 1 aromatic carbocycles. The van der Waals surface area contributed by atoms with E-state index in [0.717, 1.165) is 25.0 Å². The van der Waals surface area contributed by atoms with E-state index in [9.17, 15) is 5.11 Å². The fourth-order valence-electron chi connectivity index (χ4n) is 2.22. The van der Waals surface area contributed by atoms with Crippen LogP contribution < -0.4 is 10.6 Å². The van der Waals surface area contributed by atoms with Crippen molar-refractivity contribution in [3.05, 3.63) is 35.4 Å². The molecule has 0 heterocycles. The number of aliphatic hydroxyl groups is 1. The predicted octanol–water partition coefficient (Wildman–Crippen LogP) is 1.84. The van der Waals surface area contributed by atoms with Gasteiger partial charge in [-0.1, -0.05) is 24.3 Å².